The van der Waals surface area contributed by atoms with E-state index in [0.717, 1.165) is 5.03 Å². The van der Waals surface area contributed by atoms with Gasteiger partial charge in [0.1, 0.15) is 10.6 Å². The minimum Gasteiger partial charge on any atom is -0.460 e. The highest BCUT2D eigenvalue weighted by Gasteiger charge is 2.15. The number of nitrogens with zero attached hydrogens (tertiary/aromatic N) is 5. The number of carbonyl (C=O) groups excluding carboxylic acids is 1. The van der Waals surface area contributed by atoms with Crippen molar-refractivity contribution in [3.05, 3.63) is 12.1 Å². The molecule has 0 aliphatic heterocycles. The standard InChI is InChI=1S/C11H15N5O2S/c1-11(2,3)18-10(17)6-7-19-9-5-4-8-12-14-15-16(8)13-9/h4-5H,6-7H2,1-3H3. The first-order valence-corrected chi connectivity index (χ1v) is 6.83. The number of esters is 1. The smallest absolute Gasteiger partial charge is 0.307 e. The Hall–Kier alpha value is -1.70. The molecule has 2 aromatic rings. The highest BCUT2D eigenvalue weighted by Crippen LogP contribution is 2.17. The monoisotopic (exact) mass is 281 g/mol. The van der Waals surface area contributed by atoms with Crippen molar-refractivity contribution in [2.24, 2.45) is 0 Å². The number of fused-ring (bicyclic) bond motifs is 1. The van der Waals surface area contributed by atoms with Crippen LogP contribution in [0.25, 0.3) is 5.65 Å². The van der Waals surface area contributed by atoms with Crippen LogP contribution in [0.5, 0.6) is 0 Å². The summed E-state index contributed by atoms with van der Waals surface area (Å²) in [6.45, 7) is 5.56. The Labute approximate surface area is 114 Å². The van der Waals surface area contributed by atoms with Crippen molar-refractivity contribution in [1.82, 2.24) is 25.3 Å². The lowest BCUT2D eigenvalue weighted by atomic mass is 10.2. The molecule has 0 N–H and O–H groups in total. The van der Waals surface area contributed by atoms with Crippen LogP contribution < -0.4 is 0 Å². The van der Waals surface area contributed by atoms with Crippen LogP contribution in [-0.2, 0) is 9.53 Å². The third kappa shape index (κ3) is 4.16. The van der Waals surface area contributed by atoms with Crippen LogP contribution in [0, 0.1) is 0 Å². The molecular formula is C11H15N5O2S. The molecule has 2 heterocycles. The second-order valence-corrected chi connectivity index (χ2v) is 6.00. The number of ether oxygens (including phenoxy) is 1. The molecule has 102 valence electrons. The quantitative estimate of drug-likeness (QED) is 0.617. The lowest BCUT2D eigenvalue weighted by molar-refractivity contribution is -0.154. The van der Waals surface area contributed by atoms with E-state index in [4.69, 9.17) is 4.74 Å². The summed E-state index contributed by atoms with van der Waals surface area (Å²) in [5.74, 6) is 0.402. The normalized spacial score (nSPS) is 11.7. The van der Waals surface area contributed by atoms with E-state index in [-0.39, 0.29) is 5.97 Å². The predicted molar refractivity (Wildman–Crippen MR) is 69.8 cm³/mol. The van der Waals surface area contributed by atoms with Crippen LogP contribution in [0.4, 0.5) is 0 Å². The van der Waals surface area contributed by atoms with Crippen LogP contribution in [0.2, 0.25) is 0 Å². The number of rotatable bonds is 4. The van der Waals surface area contributed by atoms with Crippen LogP contribution >= 0.6 is 11.8 Å². The molecule has 0 aromatic carbocycles. The molecule has 0 aliphatic rings. The van der Waals surface area contributed by atoms with E-state index < -0.39 is 5.60 Å². The molecule has 0 unspecified atom stereocenters. The fourth-order valence-corrected chi connectivity index (χ4v) is 2.12. The number of tetrazole rings is 1. The van der Waals surface area contributed by atoms with Crippen molar-refractivity contribution in [2.75, 3.05) is 5.75 Å². The summed E-state index contributed by atoms with van der Waals surface area (Å²) >= 11 is 1.46. The van der Waals surface area contributed by atoms with Crippen molar-refractivity contribution >= 4 is 23.4 Å². The van der Waals surface area contributed by atoms with E-state index >= 15 is 0 Å². The van der Waals surface area contributed by atoms with Gasteiger partial charge in [0.05, 0.1) is 6.42 Å². The predicted octanol–water partition coefficient (Wildman–Crippen LogP) is 1.34. The molecule has 0 saturated heterocycles. The van der Waals surface area contributed by atoms with Gasteiger partial charge < -0.3 is 4.74 Å². The van der Waals surface area contributed by atoms with E-state index in [2.05, 4.69) is 20.6 Å². The van der Waals surface area contributed by atoms with Crippen LogP contribution in [-0.4, -0.2) is 42.6 Å². The minimum absolute atomic E-state index is 0.205. The molecule has 2 aromatic heterocycles. The molecule has 0 radical (unpaired) electrons. The summed E-state index contributed by atoms with van der Waals surface area (Å²) in [7, 11) is 0. The number of hydrogen-bond donors (Lipinski definition) is 0. The molecule has 19 heavy (non-hydrogen) atoms. The van der Waals surface area contributed by atoms with Gasteiger partial charge in [0, 0.05) is 5.75 Å². The van der Waals surface area contributed by atoms with Gasteiger partial charge in [-0.15, -0.1) is 26.6 Å². The molecule has 2 rings (SSSR count). The fourth-order valence-electron chi connectivity index (χ4n) is 1.34. The van der Waals surface area contributed by atoms with Crippen molar-refractivity contribution in [1.29, 1.82) is 0 Å². The Morgan fingerprint density at radius 1 is 1.42 bits per heavy atom. The molecule has 8 heteroatoms. The first-order valence-electron chi connectivity index (χ1n) is 5.84. The second-order valence-electron chi connectivity index (χ2n) is 4.88. The van der Waals surface area contributed by atoms with Crippen molar-refractivity contribution in [3.63, 3.8) is 0 Å². The highest BCUT2D eigenvalue weighted by atomic mass is 32.2. The zero-order chi connectivity index (χ0) is 13.9. The van der Waals surface area contributed by atoms with Crippen LogP contribution in [0.15, 0.2) is 17.2 Å². The van der Waals surface area contributed by atoms with E-state index in [0.29, 0.717) is 17.8 Å². The Kier molecular flexibility index (Phi) is 3.98. The summed E-state index contributed by atoms with van der Waals surface area (Å²) in [5.41, 5.74) is 0.155. The Bertz CT molecular complexity index is 578. The van der Waals surface area contributed by atoms with Gasteiger partial charge in [0.25, 0.3) is 0 Å². The van der Waals surface area contributed by atoms with Gasteiger partial charge >= 0.3 is 5.97 Å². The Morgan fingerprint density at radius 3 is 2.95 bits per heavy atom. The van der Waals surface area contributed by atoms with E-state index in [9.17, 15) is 4.79 Å². The maximum absolute atomic E-state index is 11.5. The molecular weight excluding hydrogens is 266 g/mol. The van der Waals surface area contributed by atoms with Gasteiger partial charge in [0.2, 0.25) is 0 Å². The third-order valence-electron chi connectivity index (χ3n) is 2.02. The number of carbonyl (C=O) groups is 1. The zero-order valence-corrected chi connectivity index (χ0v) is 11.8. The summed E-state index contributed by atoms with van der Waals surface area (Å²) in [6.07, 6.45) is 0.345. The van der Waals surface area contributed by atoms with E-state index in [1.165, 1.54) is 16.4 Å². The molecule has 0 fully saturated rings. The van der Waals surface area contributed by atoms with Crippen molar-refractivity contribution in [2.45, 2.75) is 37.8 Å². The van der Waals surface area contributed by atoms with E-state index in [1.54, 1.807) is 6.07 Å². The summed E-state index contributed by atoms with van der Waals surface area (Å²) in [4.78, 5) is 11.5. The largest absolute Gasteiger partial charge is 0.460 e. The van der Waals surface area contributed by atoms with Crippen molar-refractivity contribution in [3.8, 4) is 0 Å². The van der Waals surface area contributed by atoms with Gasteiger partial charge in [-0.1, -0.05) is 0 Å². The molecule has 0 saturated carbocycles. The number of thioether (sulfide) groups is 1. The molecule has 0 atom stereocenters. The second kappa shape index (κ2) is 5.52. The highest BCUT2D eigenvalue weighted by molar-refractivity contribution is 7.99. The molecule has 7 nitrogen and oxygen atoms in total. The molecule has 0 spiro atoms. The topological polar surface area (TPSA) is 82.3 Å². The average molecular weight is 281 g/mol. The molecule has 0 aliphatic carbocycles. The summed E-state index contributed by atoms with van der Waals surface area (Å²) < 4.78 is 6.58. The first kappa shape index (κ1) is 13.7. The summed E-state index contributed by atoms with van der Waals surface area (Å²) in [5, 5.41) is 15.9. The van der Waals surface area contributed by atoms with Crippen LogP contribution in [0.3, 0.4) is 0 Å². The van der Waals surface area contributed by atoms with E-state index in [1.807, 2.05) is 26.8 Å². The lowest BCUT2D eigenvalue weighted by Crippen LogP contribution is -2.24. The Balaban J connectivity index is 1.83. The van der Waals surface area contributed by atoms with Gasteiger partial charge in [-0.25, -0.2) is 0 Å². The van der Waals surface area contributed by atoms with Gasteiger partial charge in [-0.2, -0.15) is 0 Å². The summed E-state index contributed by atoms with van der Waals surface area (Å²) in [6, 6.07) is 3.61. The minimum atomic E-state index is -0.439. The molecule has 0 amide bonds. The van der Waals surface area contributed by atoms with Gasteiger partial charge in [-0.3, -0.25) is 4.79 Å². The maximum atomic E-state index is 11.5. The number of hydrogen-bond acceptors (Lipinski definition) is 7. The lowest BCUT2D eigenvalue weighted by Gasteiger charge is -2.19. The van der Waals surface area contributed by atoms with Crippen LogP contribution in [0.1, 0.15) is 27.2 Å². The Morgan fingerprint density at radius 2 is 2.21 bits per heavy atom. The SMILES string of the molecule is CC(C)(C)OC(=O)CCSc1ccc2nnnn2n1. The average Bonchev–Trinajstić information content (AvgIpc) is 2.73. The van der Waals surface area contributed by atoms with Gasteiger partial charge in [0.15, 0.2) is 5.65 Å². The maximum Gasteiger partial charge on any atom is 0.307 e. The molecule has 0 bridgehead atoms. The third-order valence-corrected chi connectivity index (χ3v) is 2.94. The zero-order valence-electron chi connectivity index (χ0n) is 11.0. The van der Waals surface area contributed by atoms with Crippen molar-refractivity contribution < 1.29 is 9.53 Å². The first-order chi connectivity index (χ1) is 8.94. The number of aromatic nitrogens is 5. The van der Waals surface area contributed by atoms with Gasteiger partial charge in [-0.05, 0) is 43.3 Å². The fraction of sp³-hybridized carbons (Fsp3) is 0.545.